The Balaban J connectivity index is 1.31. The van der Waals surface area contributed by atoms with E-state index in [0.29, 0.717) is 13.0 Å². The molecule has 0 spiro atoms. The Morgan fingerprint density at radius 1 is 0.773 bits per heavy atom. The molecule has 0 N–H and O–H groups in total. The van der Waals surface area contributed by atoms with Gasteiger partial charge in [-0.1, -0.05) is 79.7 Å². The van der Waals surface area contributed by atoms with Crippen LogP contribution in [-0.2, 0) is 17.9 Å². The molecule has 1 amide bonds. The second-order valence-electron chi connectivity index (χ2n) is 11.5. The highest BCUT2D eigenvalue weighted by molar-refractivity contribution is 5.87. The third-order valence-electron chi connectivity index (χ3n) is 8.79. The van der Waals surface area contributed by atoms with E-state index in [2.05, 4.69) is 83.3 Å². The van der Waals surface area contributed by atoms with Crippen molar-refractivity contribution in [1.29, 1.82) is 0 Å². The third-order valence-corrected chi connectivity index (χ3v) is 8.79. The minimum Gasteiger partial charge on any atom is -0.497 e. The van der Waals surface area contributed by atoms with Crippen molar-refractivity contribution >= 4 is 16.8 Å². The number of amides is 1. The monoisotopic (exact) mass is 587 g/mol. The molecule has 1 aliphatic heterocycles. The lowest BCUT2D eigenvalue weighted by Gasteiger charge is -2.35. The summed E-state index contributed by atoms with van der Waals surface area (Å²) in [4.78, 5) is 18.3. The molecule has 5 aromatic rings. The Morgan fingerprint density at radius 2 is 1.45 bits per heavy atom. The Morgan fingerprint density at radius 3 is 2.16 bits per heavy atom. The van der Waals surface area contributed by atoms with Gasteiger partial charge in [0.15, 0.2) is 0 Å². The summed E-state index contributed by atoms with van der Waals surface area (Å²) in [5, 5.41) is 1.18. The van der Waals surface area contributed by atoms with Gasteiger partial charge in [0.05, 0.1) is 7.11 Å². The average molecular weight is 588 g/mol. The van der Waals surface area contributed by atoms with Gasteiger partial charge in [0.1, 0.15) is 18.1 Å². The standard InChI is InChI=1S/C38H41N3O3/c1-3-39-21-23-40(24-22-39)38(42)25-35(31-15-19-33(20-16-31)44-28-30-9-5-4-6-10-30)36-27-41(37-12-8-7-11-34(36)37)26-29-13-17-32(43-2)18-14-29/h4-20,27,35H,3,21-26,28H2,1-2H3/t35-/m1/s1. The molecule has 6 heteroatoms. The van der Waals surface area contributed by atoms with Crippen LogP contribution in [0.25, 0.3) is 10.9 Å². The SMILES string of the molecule is CCN1CCN(C(=O)C[C@H](c2ccc(OCc3ccccc3)cc2)c2cn(Cc3ccc(OC)cc3)c3ccccc23)CC1. The number of nitrogens with zero attached hydrogens (tertiary/aromatic N) is 3. The van der Waals surface area contributed by atoms with E-state index in [1.54, 1.807) is 7.11 Å². The minimum absolute atomic E-state index is 0.0862. The van der Waals surface area contributed by atoms with Gasteiger partial charge in [0.2, 0.25) is 5.91 Å². The zero-order valence-corrected chi connectivity index (χ0v) is 25.7. The summed E-state index contributed by atoms with van der Waals surface area (Å²) in [5.41, 5.74) is 5.78. The van der Waals surface area contributed by atoms with Crippen molar-refractivity contribution in [1.82, 2.24) is 14.4 Å². The number of ether oxygens (including phenoxy) is 2. The van der Waals surface area contributed by atoms with Gasteiger partial charge in [0, 0.05) is 62.2 Å². The van der Waals surface area contributed by atoms with Crippen LogP contribution < -0.4 is 9.47 Å². The highest BCUT2D eigenvalue weighted by atomic mass is 16.5. The number of piperazine rings is 1. The fourth-order valence-corrected chi connectivity index (χ4v) is 6.17. The molecule has 2 heterocycles. The number of carbonyl (C=O) groups excluding carboxylic acids is 1. The number of hydrogen-bond donors (Lipinski definition) is 0. The van der Waals surface area contributed by atoms with E-state index in [1.807, 2.05) is 47.4 Å². The molecule has 0 saturated carbocycles. The maximum Gasteiger partial charge on any atom is 0.223 e. The average Bonchev–Trinajstić information content (AvgIpc) is 3.45. The number of likely N-dealkylation sites (N-methyl/N-ethyl adjacent to an activating group) is 1. The Bertz CT molecular complexity index is 1650. The third kappa shape index (κ3) is 6.81. The topological polar surface area (TPSA) is 46.9 Å². The number of hydrogen-bond acceptors (Lipinski definition) is 4. The van der Waals surface area contributed by atoms with Crippen LogP contribution >= 0.6 is 0 Å². The molecule has 1 atom stereocenters. The first-order valence-electron chi connectivity index (χ1n) is 15.6. The van der Waals surface area contributed by atoms with E-state index in [1.165, 1.54) is 16.5 Å². The van der Waals surface area contributed by atoms with Crippen molar-refractivity contribution in [2.45, 2.75) is 32.4 Å². The summed E-state index contributed by atoms with van der Waals surface area (Å²) in [5.74, 6) is 1.79. The van der Waals surface area contributed by atoms with Crippen LogP contribution in [0.2, 0.25) is 0 Å². The first-order valence-corrected chi connectivity index (χ1v) is 15.6. The molecule has 1 saturated heterocycles. The molecule has 1 aliphatic rings. The zero-order chi connectivity index (χ0) is 30.3. The van der Waals surface area contributed by atoms with Crippen molar-refractivity contribution in [3.63, 3.8) is 0 Å². The molecule has 6 rings (SSSR count). The second-order valence-corrected chi connectivity index (χ2v) is 11.5. The van der Waals surface area contributed by atoms with Gasteiger partial charge < -0.3 is 23.8 Å². The van der Waals surface area contributed by atoms with Gasteiger partial charge in [-0.25, -0.2) is 0 Å². The van der Waals surface area contributed by atoms with Crippen molar-refractivity contribution < 1.29 is 14.3 Å². The summed E-state index contributed by atoms with van der Waals surface area (Å²) in [6, 6.07) is 35.3. The maximum atomic E-state index is 13.8. The molecule has 1 aromatic heterocycles. The largest absolute Gasteiger partial charge is 0.497 e. The van der Waals surface area contributed by atoms with Gasteiger partial charge in [-0.3, -0.25) is 4.79 Å². The zero-order valence-electron chi connectivity index (χ0n) is 25.7. The van der Waals surface area contributed by atoms with E-state index in [-0.39, 0.29) is 11.8 Å². The van der Waals surface area contributed by atoms with Crippen LogP contribution in [0.1, 0.15) is 41.5 Å². The van der Waals surface area contributed by atoms with Crippen molar-refractivity contribution in [3.05, 3.63) is 132 Å². The summed E-state index contributed by atoms with van der Waals surface area (Å²) in [6.45, 7) is 7.89. The number of aromatic nitrogens is 1. The van der Waals surface area contributed by atoms with E-state index < -0.39 is 0 Å². The lowest BCUT2D eigenvalue weighted by atomic mass is 9.87. The van der Waals surface area contributed by atoms with Crippen LogP contribution in [0, 0.1) is 0 Å². The van der Waals surface area contributed by atoms with E-state index in [4.69, 9.17) is 9.47 Å². The summed E-state index contributed by atoms with van der Waals surface area (Å²) in [6.07, 6.45) is 2.68. The predicted octanol–water partition coefficient (Wildman–Crippen LogP) is 6.96. The van der Waals surface area contributed by atoms with Crippen LogP contribution in [0.5, 0.6) is 11.5 Å². The second kappa shape index (κ2) is 13.8. The van der Waals surface area contributed by atoms with Gasteiger partial charge in [-0.05, 0) is 59.1 Å². The highest BCUT2D eigenvalue weighted by Crippen LogP contribution is 2.36. The summed E-state index contributed by atoms with van der Waals surface area (Å²) < 4.78 is 13.8. The summed E-state index contributed by atoms with van der Waals surface area (Å²) >= 11 is 0. The van der Waals surface area contributed by atoms with Crippen LogP contribution in [-0.4, -0.2) is 60.1 Å². The maximum absolute atomic E-state index is 13.8. The molecule has 0 unspecified atom stereocenters. The molecule has 0 radical (unpaired) electrons. The predicted molar refractivity (Wildman–Crippen MR) is 176 cm³/mol. The van der Waals surface area contributed by atoms with Crippen molar-refractivity contribution in [3.8, 4) is 11.5 Å². The van der Waals surface area contributed by atoms with Crippen LogP contribution in [0.15, 0.2) is 109 Å². The highest BCUT2D eigenvalue weighted by Gasteiger charge is 2.27. The lowest BCUT2D eigenvalue weighted by molar-refractivity contribution is -0.133. The van der Waals surface area contributed by atoms with E-state index in [0.717, 1.165) is 67.4 Å². The summed E-state index contributed by atoms with van der Waals surface area (Å²) in [7, 11) is 1.69. The molecule has 0 bridgehead atoms. The van der Waals surface area contributed by atoms with Gasteiger partial charge in [-0.15, -0.1) is 0 Å². The number of carbonyl (C=O) groups is 1. The number of fused-ring (bicyclic) bond motifs is 1. The molecule has 1 fully saturated rings. The normalized spacial score (nSPS) is 14.5. The Labute approximate surface area is 260 Å². The minimum atomic E-state index is -0.0862. The molecule has 44 heavy (non-hydrogen) atoms. The Hall–Kier alpha value is -4.55. The fourth-order valence-electron chi connectivity index (χ4n) is 6.17. The molecule has 4 aromatic carbocycles. The van der Waals surface area contributed by atoms with Gasteiger partial charge in [-0.2, -0.15) is 0 Å². The molecular formula is C38H41N3O3. The lowest BCUT2D eigenvalue weighted by Crippen LogP contribution is -2.48. The molecular weight excluding hydrogens is 546 g/mol. The fraction of sp³-hybridized carbons (Fsp3) is 0.289. The van der Waals surface area contributed by atoms with Crippen LogP contribution in [0.3, 0.4) is 0 Å². The van der Waals surface area contributed by atoms with Gasteiger partial charge in [0.25, 0.3) is 0 Å². The molecule has 226 valence electrons. The quantitative estimate of drug-likeness (QED) is 0.168. The molecule has 0 aliphatic carbocycles. The van der Waals surface area contributed by atoms with Crippen LogP contribution in [0.4, 0.5) is 0 Å². The van der Waals surface area contributed by atoms with E-state index >= 15 is 0 Å². The van der Waals surface area contributed by atoms with Gasteiger partial charge >= 0.3 is 0 Å². The smallest absolute Gasteiger partial charge is 0.223 e. The molecule has 6 nitrogen and oxygen atoms in total. The van der Waals surface area contributed by atoms with E-state index in [9.17, 15) is 4.79 Å². The number of rotatable bonds is 11. The van der Waals surface area contributed by atoms with Crippen molar-refractivity contribution in [2.75, 3.05) is 39.8 Å². The number of methoxy groups -OCH3 is 1. The first-order chi connectivity index (χ1) is 21.6. The first kappa shape index (κ1) is 29.5. The number of para-hydroxylation sites is 1. The number of benzene rings is 4. The Kier molecular flexibility index (Phi) is 9.28. The van der Waals surface area contributed by atoms with Crippen molar-refractivity contribution in [2.24, 2.45) is 0 Å².